The number of carbonyl (C=O) groups excluding carboxylic acids is 3. The molecule has 7 N–H and O–H groups in total. The van der Waals surface area contributed by atoms with E-state index >= 15 is 0 Å². The molecule has 2 aromatic rings. The van der Waals surface area contributed by atoms with E-state index < -0.39 is 11.7 Å². The molecule has 2 aliphatic heterocycles. The van der Waals surface area contributed by atoms with Gasteiger partial charge in [0.1, 0.15) is 5.60 Å². The average molecular weight is 709 g/mol. The summed E-state index contributed by atoms with van der Waals surface area (Å²) >= 11 is 0. The van der Waals surface area contributed by atoms with Crippen molar-refractivity contribution < 1.29 is 19.1 Å². The number of benzene rings is 2. The van der Waals surface area contributed by atoms with E-state index in [1.54, 1.807) is 69.3 Å². The van der Waals surface area contributed by atoms with Crippen LogP contribution in [0, 0.1) is 0 Å². The fourth-order valence-corrected chi connectivity index (χ4v) is 7.33. The number of anilines is 2. The van der Waals surface area contributed by atoms with Crippen LogP contribution in [0.5, 0.6) is 0 Å². The molecule has 0 aliphatic carbocycles. The maximum absolute atomic E-state index is 12.7. The molecule has 0 saturated carbocycles. The van der Waals surface area contributed by atoms with Gasteiger partial charge >= 0.3 is 6.09 Å². The molecule has 12 heteroatoms. The summed E-state index contributed by atoms with van der Waals surface area (Å²) in [6.07, 6.45) is 3.13. The van der Waals surface area contributed by atoms with Gasteiger partial charge in [-0.2, -0.15) is 0 Å². The number of ether oxygens (including phenoxy) is 1. The summed E-state index contributed by atoms with van der Waals surface area (Å²) in [7, 11) is 4.31. The van der Waals surface area contributed by atoms with Gasteiger partial charge in [-0.15, -0.1) is 0 Å². The van der Waals surface area contributed by atoms with E-state index in [0.717, 1.165) is 31.4 Å². The van der Waals surface area contributed by atoms with E-state index in [1.807, 2.05) is 0 Å². The third-order valence-corrected chi connectivity index (χ3v) is 10.5. The molecular formula is C39H64N8O4. The predicted octanol–water partition coefficient (Wildman–Crippen LogP) is 6.27. The van der Waals surface area contributed by atoms with Crippen molar-refractivity contribution in [3.8, 4) is 0 Å². The zero-order chi connectivity index (χ0) is 38.6. The van der Waals surface area contributed by atoms with Crippen LogP contribution in [0.2, 0.25) is 0 Å². The number of nitrogens with zero attached hydrogens (tertiary/aromatic N) is 2. The second-order valence-electron chi connectivity index (χ2n) is 17.6. The predicted molar refractivity (Wildman–Crippen MR) is 207 cm³/mol. The normalized spacial score (nSPS) is 20.2. The molecule has 284 valence electrons. The van der Waals surface area contributed by atoms with Gasteiger partial charge in [-0.1, -0.05) is 0 Å². The summed E-state index contributed by atoms with van der Waals surface area (Å²) in [6, 6.07) is 14.4. The standard InChI is InChI=1S/C22H36N4O3.C17H28N4O/c1-20(2,3)29-19(28)25-24-16-11-9-15(10-12-16)18(27)23-17-13-21(4,5)26(8)22(6,7)14-17;1-16(2)10-14(11-17(3,4)21(16)5)19-15(22)12-6-8-13(20-18)9-7-12/h9-12,17,24H,13-14H2,1-8H3,(H,23,27)(H,25,28);6-9,14,20H,10-11,18H2,1-5H3,(H,19,22). The Morgan fingerprint density at radius 1 is 0.647 bits per heavy atom. The van der Waals surface area contributed by atoms with Crippen LogP contribution in [0.3, 0.4) is 0 Å². The fourth-order valence-electron chi connectivity index (χ4n) is 7.33. The monoisotopic (exact) mass is 709 g/mol. The molecule has 0 unspecified atom stereocenters. The molecule has 0 aromatic heterocycles. The molecule has 2 aliphatic rings. The van der Waals surface area contributed by atoms with Crippen molar-refractivity contribution in [3.05, 3.63) is 59.7 Å². The highest BCUT2D eigenvalue weighted by atomic mass is 16.6. The van der Waals surface area contributed by atoms with Crippen molar-refractivity contribution in [2.24, 2.45) is 5.84 Å². The third kappa shape index (κ3) is 11.6. The van der Waals surface area contributed by atoms with Crippen molar-refractivity contribution in [1.82, 2.24) is 25.9 Å². The van der Waals surface area contributed by atoms with Gasteiger partial charge in [0, 0.05) is 51.1 Å². The Balaban J connectivity index is 0.000000286. The first kappa shape index (κ1) is 41.5. The van der Waals surface area contributed by atoms with Crippen molar-refractivity contribution in [1.29, 1.82) is 0 Å². The summed E-state index contributed by atoms with van der Waals surface area (Å²) in [5.41, 5.74) is 10.1. The number of carbonyl (C=O) groups is 3. The van der Waals surface area contributed by atoms with Crippen LogP contribution in [-0.2, 0) is 4.74 Å². The lowest BCUT2D eigenvalue weighted by Crippen LogP contribution is -2.62. The second-order valence-corrected chi connectivity index (χ2v) is 17.6. The molecule has 4 rings (SSSR count). The Kier molecular flexibility index (Phi) is 12.9. The molecule has 3 amide bonds. The Hall–Kier alpha value is -3.87. The highest BCUT2D eigenvalue weighted by molar-refractivity contribution is 5.95. The summed E-state index contributed by atoms with van der Waals surface area (Å²) in [5, 5.41) is 6.37. The Morgan fingerprint density at radius 2 is 0.980 bits per heavy atom. The van der Waals surface area contributed by atoms with Gasteiger partial charge in [0.2, 0.25) is 0 Å². The molecule has 12 nitrogen and oxygen atoms in total. The first-order valence-electron chi connectivity index (χ1n) is 17.9. The number of piperidine rings is 2. The number of amides is 3. The molecule has 2 aromatic carbocycles. The van der Waals surface area contributed by atoms with E-state index in [1.165, 1.54) is 0 Å². The lowest BCUT2D eigenvalue weighted by atomic mass is 9.77. The maximum Gasteiger partial charge on any atom is 0.426 e. The first-order chi connectivity index (χ1) is 23.3. The molecule has 2 heterocycles. The van der Waals surface area contributed by atoms with Gasteiger partial charge in [-0.3, -0.25) is 30.7 Å². The summed E-state index contributed by atoms with van der Waals surface area (Å²) in [6.45, 7) is 23.2. The lowest BCUT2D eigenvalue weighted by Gasteiger charge is -2.53. The number of likely N-dealkylation sites (tertiary alicyclic amines) is 2. The summed E-state index contributed by atoms with van der Waals surface area (Å²) in [5.74, 6) is 5.23. The summed E-state index contributed by atoms with van der Waals surface area (Å²) < 4.78 is 5.17. The van der Waals surface area contributed by atoms with Gasteiger partial charge in [-0.05, 0) is 164 Å². The van der Waals surface area contributed by atoms with Crippen molar-refractivity contribution in [2.45, 2.75) is 142 Å². The zero-order valence-corrected chi connectivity index (χ0v) is 33.2. The van der Waals surface area contributed by atoms with Gasteiger partial charge in [-0.25, -0.2) is 10.2 Å². The minimum absolute atomic E-state index is 0.0147. The van der Waals surface area contributed by atoms with Crippen LogP contribution in [0.4, 0.5) is 16.2 Å². The molecule has 2 fully saturated rings. The Bertz CT molecular complexity index is 1460. The highest BCUT2D eigenvalue weighted by Crippen LogP contribution is 2.38. The zero-order valence-electron chi connectivity index (χ0n) is 33.2. The van der Waals surface area contributed by atoms with Gasteiger partial charge in [0.15, 0.2) is 0 Å². The maximum atomic E-state index is 12.7. The minimum Gasteiger partial charge on any atom is -0.443 e. The molecule has 2 saturated heterocycles. The second kappa shape index (κ2) is 15.8. The largest absolute Gasteiger partial charge is 0.443 e. The average Bonchev–Trinajstić information content (AvgIpc) is 3.00. The van der Waals surface area contributed by atoms with Gasteiger partial charge in [0.05, 0.1) is 5.69 Å². The quantitative estimate of drug-likeness (QED) is 0.144. The van der Waals surface area contributed by atoms with Crippen LogP contribution in [0.1, 0.15) is 123 Å². The minimum atomic E-state index is -0.565. The number of hydrazine groups is 2. The van der Waals surface area contributed by atoms with Crippen molar-refractivity contribution in [3.63, 3.8) is 0 Å². The smallest absolute Gasteiger partial charge is 0.426 e. The van der Waals surface area contributed by atoms with Crippen molar-refractivity contribution >= 4 is 29.3 Å². The molecule has 0 atom stereocenters. The molecule has 51 heavy (non-hydrogen) atoms. The molecule has 0 spiro atoms. The number of hydrogen-bond donors (Lipinski definition) is 6. The van der Waals surface area contributed by atoms with Crippen LogP contribution >= 0.6 is 0 Å². The number of hydrogen-bond acceptors (Lipinski definition) is 9. The number of nitrogens with two attached hydrogens (primary N) is 1. The first-order valence-corrected chi connectivity index (χ1v) is 17.9. The third-order valence-electron chi connectivity index (χ3n) is 10.5. The number of rotatable bonds is 7. The fraction of sp³-hybridized carbons (Fsp3) is 0.615. The van der Waals surface area contributed by atoms with Crippen LogP contribution in [0.25, 0.3) is 0 Å². The lowest BCUT2D eigenvalue weighted by molar-refractivity contribution is -0.0173. The van der Waals surface area contributed by atoms with Crippen LogP contribution in [0.15, 0.2) is 48.5 Å². The van der Waals surface area contributed by atoms with Crippen molar-refractivity contribution in [2.75, 3.05) is 24.9 Å². The van der Waals surface area contributed by atoms with E-state index in [0.29, 0.717) is 16.8 Å². The topological polar surface area (TPSA) is 153 Å². The highest BCUT2D eigenvalue weighted by Gasteiger charge is 2.44. The van der Waals surface area contributed by atoms with Gasteiger partial charge < -0.3 is 20.8 Å². The van der Waals surface area contributed by atoms with E-state index in [4.69, 9.17) is 10.6 Å². The Labute approximate surface area is 305 Å². The SMILES string of the molecule is CN1C(C)(C)CC(NC(=O)c2ccc(NN)cc2)CC1(C)C.CN1C(C)(C)CC(NC(=O)c2ccc(NNC(=O)OC(C)(C)C)cc2)CC1(C)C. The van der Waals surface area contributed by atoms with Crippen LogP contribution < -0.4 is 32.8 Å². The molecule has 0 bridgehead atoms. The molecule has 0 radical (unpaired) electrons. The summed E-state index contributed by atoms with van der Waals surface area (Å²) in [4.78, 5) is 41.6. The van der Waals surface area contributed by atoms with Gasteiger partial charge in [0.25, 0.3) is 11.8 Å². The molecular weight excluding hydrogens is 644 g/mol. The van der Waals surface area contributed by atoms with E-state index in [2.05, 4.69) is 106 Å². The number of nitrogens with one attached hydrogen (secondary N) is 5. The number of nitrogen functional groups attached to an aromatic ring is 1. The van der Waals surface area contributed by atoms with E-state index in [9.17, 15) is 14.4 Å². The van der Waals surface area contributed by atoms with E-state index in [-0.39, 0.29) is 46.1 Å². The van der Waals surface area contributed by atoms with Crippen LogP contribution in [-0.4, -0.2) is 81.6 Å². The Morgan fingerprint density at radius 3 is 1.29 bits per heavy atom.